The zero-order chi connectivity index (χ0) is 15.0. The Morgan fingerprint density at radius 2 is 1.65 bits per heavy atom. The molecule has 1 aromatic carbocycles. The Hall–Kier alpha value is -0.550. The summed E-state index contributed by atoms with van der Waals surface area (Å²) < 4.78 is 7.05. The van der Waals surface area contributed by atoms with E-state index in [4.69, 9.17) is 9.84 Å². The van der Waals surface area contributed by atoms with E-state index in [0.29, 0.717) is 21.3 Å². The Morgan fingerprint density at radius 1 is 1.10 bits per heavy atom. The van der Waals surface area contributed by atoms with Gasteiger partial charge in [0.15, 0.2) is 0 Å². The van der Waals surface area contributed by atoms with Crippen LogP contribution in [0.25, 0.3) is 0 Å². The summed E-state index contributed by atoms with van der Waals surface area (Å²) in [5.74, 6) is -0.280. The lowest BCUT2D eigenvalue weighted by Gasteiger charge is -2.11. The highest BCUT2D eigenvalue weighted by Crippen LogP contribution is 2.35. The Balaban J connectivity index is 2.42. The maximum Gasteiger partial charge on any atom is 0.335 e. The number of benzene rings is 1. The second-order valence-corrected chi connectivity index (χ2v) is 6.40. The van der Waals surface area contributed by atoms with Crippen LogP contribution in [0.1, 0.15) is 55.8 Å². The van der Waals surface area contributed by atoms with E-state index in [9.17, 15) is 4.79 Å². The van der Waals surface area contributed by atoms with E-state index in [1.807, 2.05) is 0 Å². The monoisotopic (exact) mass is 406 g/mol. The van der Waals surface area contributed by atoms with Gasteiger partial charge in [-0.05, 0) is 50.4 Å². The second-order valence-electron chi connectivity index (χ2n) is 4.69. The molecule has 0 heterocycles. The Bertz CT molecular complexity index is 424. The van der Waals surface area contributed by atoms with Crippen LogP contribution in [0.15, 0.2) is 21.1 Å². The molecule has 0 fully saturated rings. The van der Waals surface area contributed by atoms with Crippen LogP contribution in [-0.2, 0) is 0 Å². The predicted molar refractivity (Wildman–Crippen MR) is 87.7 cm³/mol. The highest BCUT2D eigenvalue weighted by molar-refractivity contribution is 9.11. The zero-order valence-corrected chi connectivity index (χ0v) is 14.8. The van der Waals surface area contributed by atoms with Crippen molar-refractivity contribution >= 4 is 37.8 Å². The molecule has 0 atom stereocenters. The van der Waals surface area contributed by atoms with Gasteiger partial charge < -0.3 is 9.84 Å². The highest BCUT2D eigenvalue weighted by atomic mass is 79.9. The number of unbranched alkanes of at least 4 members (excludes halogenated alkanes) is 5. The van der Waals surface area contributed by atoms with Crippen LogP contribution in [0, 0.1) is 0 Å². The number of hydrogen-bond acceptors (Lipinski definition) is 2. The second kappa shape index (κ2) is 9.40. The summed E-state index contributed by atoms with van der Waals surface area (Å²) in [6.45, 7) is 2.86. The standard InChI is InChI=1S/C15H20Br2O3/c1-2-3-4-5-6-7-8-20-14-12(16)9-11(15(18)19)10-13(14)17/h9-10H,2-8H2,1H3,(H,18,19). The number of aromatic carboxylic acids is 1. The third-order valence-electron chi connectivity index (χ3n) is 2.99. The van der Waals surface area contributed by atoms with Gasteiger partial charge in [0.05, 0.1) is 21.1 Å². The Kier molecular flexibility index (Phi) is 8.22. The van der Waals surface area contributed by atoms with Crippen molar-refractivity contribution in [1.29, 1.82) is 0 Å². The molecule has 0 spiro atoms. The van der Waals surface area contributed by atoms with E-state index in [2.05, 4.69) is 38.8 Å². The van der Waals surface area contributed by atoms with Crippen LogP contribution in [0.3, 0.4) is 0 Å². The first kappa shape index (κ1) is 17.5. The molecule has 0 saturated heterocycles. The number of ether oxygens (including phenoxy) is 1. The summed E-state index contributed by atoms with van der Waals surface area (Å²) in [6, 6.07) is 3.12. The summed E-state index contributed by atoms with van der Waals surface area (Å²) in [5, 5.41) is 8.96. The van der Waals surface area contributed by atoms with Crippen LogP contribution in [0.4, 0.5) is 0 Å². The predicted octanol–water partition coefficient (Wildman–Crippen LogP) is 5.65. The van der Waals surface area contributed by atoms with Crippen molar-refractivity contribution in [1.82, 2.24) is 0 Å². The summed E-state index contributed by atoms with van der Waals surface area (Å²) >= 11 is 6.70. The first-order chi connectivity index (χ1) is 9.56. The van der Waals surface area contributed by atoms with E-state index in [-0.39, 0.29) is 5.56 Å². The van der Waals surface area contributed by atoms with E-state index in [1.165, 1.54) is 32.1 Å². The molecule has 5 heteroatoms. The molecule has 0 saturated carbocycles. The minimum absolute atomic E-state index is 0.232. The molecular weight excluding hydrogens is 388 g/mol. The molecule has 1 N–H and O–H groups in total. The molecule has 3 nitrogen and oxygen atoms in total. The molecule has 0 bridgehead atoms. The van der Waals surface area contributed by atoms with Gasteiger partial charge in [-0.25, -0.2) is 4.79 Å². The summed E-state index contributed by atoms with van der Waals surface area (Å²) in [6.07, 6.45) is 7.28. The molecule has 0 aliphatic heterocycles. The molecule has 0 radical (unpaired) electrons. The first-order valence-corrected chi connectivity index (χ1v) is 8.50. The van der Waals surface area contributed by atoms with Crippen LogP contribution < -0.4 is 4.74 Å². The van der Waals surface area contributed by atoms with Crippen molar-refractivity contribution in [3.05, 3.63) is 26.6 Å². The van der Waals surface area contributed by atoms with E-state index < -0.39 is 5.97 Å². The van der Waals surface area contributed by atoms with Gasteiger partial charge in [0.2, 0.25) is 0 Å². The molecule has 0 unspecified atom stereocenters. The fourth-order valence-electron chi connectivity index (χ4n) is 1.88. The number of carbonyl (C=O) groups is 1. The topological polar surface area (TPSA) is 46.5 Å². The van der Waals surface area contributed by atoms with E-state index >= 15 is 0 Å². The molecule has 112 valence electrons. The largest absolute Gasteiger partial charge is 0.491 e. The number of hydrogen-bond donors (Lipinski definition) is 1. The maximum absolute atomic E-state index is 10.9. The van der Waals surface area contributed by atoms with Gasteiger partial charge in [0.25, 0.3) is 0 Å². The van der Waals surface area contributed by atoms with Gasteiger partial charge in [-0.2, -0.15) is 0 Å². The summed E-state index contributed by atoms with van der Waals surface area (Å²) in [7, 11) is 0. The zero-order valence-electron chi connectivity index (χ0n) is 11.6. The van der Waals surface area contributed by atoms with Gasteiger partial charge >= 0.3 is 5.97 Å². The van der Waals surface area contributed by atoms with Crippen molar-refractivity contribution in [2.45, 2.75) is 45.4 Å². The fraction of sp³-hybridized carbons (Fsp3) is 0.533. The molecule has 0 amide bonds. The van der Waals surface area contributed by atoms with Crippen molar-refractivity contribution in [2.24, 2.45) is 0 Å². The van der Waals surface area contributed by atoms with Gasteiger partial charge in [0, 0.05) is 0 Å². The molecule has 0 aliphatic rings. The minimum atomic E-state index is -0.950. The third-order valence-corrected chi connectivity index (χ3v) is 4.17. The van der Waals surface area contributed by atoms with Crippen molar-refractivity contribution in [3.63, 3.8) is 0 Å². The average molecular weight is 408 g/mol. The van der Waals surface area contributed by atoms with Crippen LogP contribution in [-0.4, -0.2) is 17.7 Å². The lowest BCUT2D eigenvalue weighted by atomic mass is 10.1. The minimum Gasteiger partial charge on any atom is -0.491 e. The quantitative estimate of drug-likeness (QED) is 0.538. The van der Waals surface area contributed by atoms with Gasteiger partial charge in [-0.1, -0.05) is 39.0 Å². The number of halogens is 2. The maximum atomic E-state index is 10.9. The molecule has 0 aliphatic carbocycles. The van der Waals surface area contributed by atoms with E-state index in [1.54, 1.807) is 12.1 Å². The molecular formula is C15H20Br2O3. The van der Waals surface area contributed by atoms with Crippen LogP contribution in [0.5, 0.6) is 5.75 Å². The van der Waals surface area contributed by atoms with E-state index in [0.717, 1.165) is 6.42 Å². The SMILES string of the molecule is CCCCCCCCOc1c(Br)cc(C(=O)O)cc1Br. The average Bonchev–Trinajstić information content (AvgIpc) is 2.40. The third kappa shape index (κ3) is 5.83. The molecule has 0 aromatic heterocycles. The molecule has 20 heavy (non-hydrogen) atoms. The van der Waals surface area contributed by atoms with Crippen molar-refractivity contribution in [3.8, 4) is 5.75 Å². The normalized spacial score (nSPS) is 10.6. The lowest BCUT2D eigenvalue weighted by molar-refractivity contribution is 0.0696. The lowest BCUT2D eigenvalue weighted by Crippen LogP contribution is -2.01. The number of carboxylic acid groups (broad SMARTS) is 1. The van der Waals surface area contributed by atoms with Crippen LogP contribution in [0.2, 0.25) is 0 Å². The first-order valence-electron chi connectivity index (χ1n) is 6.91. The molecule has 1 rings (SSSR count). The van der Waals surface area contributed by atoms with Crippen molar-refractivity contribution in [2.75, 3.05) is 6.61 Å². The van der Waals surface area contributed by atoms with Crippen LogP contribution >= 0.6 is 31.9 Å². The Morgan fingerprint density at radius 3 is 2.20 bits per heavy atom. The Labute approximate surface area is 137 Å². The number of rotatable bonds is 9. The van der Waals surface area contributed by atoms with Crippen molar-refractivity contribution < 1.29 is 14.6 Å². The van der Waals surface area contributed by atoms with Gasteiger partial charge in [0.1, 0.15) is 5.75 Å². The van der Waals surface area contributed by atoms with Gasteiger partial charge in [-0.3, -0.25) is 0 Å². The highest BCUT2D eigenvalue weighted by Gasteiger charge is 2.12. The molecule has 1 aromatic rings. The summed E-state index contributed by atoms with van der Waals surface area (Å²) in [5.41, 5.74) is 0.232. The smallest absolute Gasteiger partial charge is 0.335 e. The number of carboxylic acids is 1. The summed E-state index contributed by atoms with van der Waals surface area (Å²) in [4.78, 5) is 10.9. The van der Waals surface area contributed by atoms with Gasteiger partial charge in [-0.15, -0.1) is 0 Å². The fourth-order valence-corrected chi connectivity index (χ4v) is 3.29.